The molecule has 29 heavy (non-hydrogen) atoms. The molecule has 1 saturated carbocycles. The predicted octanol–water partition coefficient (Wildman–Crippen LogP) is 2.24. The summed E-state index contributed by atoms with van der Waals surface area (Å²) in [7, 11) is 0. The number of carbonyl (C=O) groups is 1. The first kappa shape index (κ1) is 16.4. The molecule has 1 aliphatic carbocycles. The van der Waals surface area contributed by atoms with Crippen LogP contribution in [0.1, 0.15) is 58.5 Å². The number of hydrogen-bond acceptors (Lipinski definition) is 6. The highest BCUT2D eigenvalue weighted by Gasteiger charge is 2.39. The summed E-state index contributed by atoms with van der Waals surface area (Å²) < 4.78 is 20.8. The number of carbonyl (C=O) groups excluding carboxylic acids is 1. The fraction of sp³-hybridized carbons (Fsp3) is 0.316. The Morgan fingerprint density at radius 1 is 1.28 bits per heavy atom. The molecule has 1 unspecified atom stereocenters. The van der Waals surface area contributed by atoms with Gasteiger partial charge in [-0.1, -0.05) is 0 Å². The van der Waals surface area contributed by atoms with Crippen molar-refractivity contribution >= 4 is 11.4 Å². The zero-order valence-corrected chi connectivity index (χ0v) is 15.2. The quantitative estimate of drug-likeness (QED) is 0.572. The number of aromatic nitrogens is 6. The minimum Gasteiger partial charge on any atom is -0.417 e. The van der Waals surface area contributed by atoms with Gasteiger partial charge in [0.1, 0.15) is 11.9 Å². The Balaban J connectivity index is 1.43. The van der Waals surface area contributed by atoms with Gasteiger partial charge in [-0.05, 0) is 31.0 Å². The number of H-pyrrole nitrogens is 1. The van der Waals surface area contributed by atoms with Crippen LogP contribution in [0.15, 0.2) is 35.1 Å². The fourth-order valence-corrected chi connectivity index (χ4v) is 3.85. The number of aromatic amines is 1. The molecule has 10 heteroatoms. The van der Waals surface area contributed by atoms with E-state index in [0.717, 1.165) is 24.2 Å². The monoisotopic (exact) mass is 393 g/mol. The van der Waals surface area contributed by atoms with Gasteiger partial charge >= 0.3 is 11.8 Å². The molecule has 1 atom stereocenters. The van der Waals surface area contributed by atoms with Crippen molar-refractivity contribution in [2.45, 2.75) is 31.2 Å². The van der Waals surface area contributed by atoms with Gasteiger partial charge in [0.15, 0.2) is 0 Å². The maximum absolute atomic E-state index is 13.6. The van der Waals surface area contributed by atoms with Gasteiger partial charge in [-0.3, -0.25) is 4.79 Å². The van der Waals surface area contributed by atoms with Crippen molar-refractivity contribution in [1.29, 1.82) is 0 Å². The smallest absolute Gasteiger partial charge is 0.312 e. The highest BCUT2D eigenvalue weighted by atomic mass is 19.1. The van der Waals surface area contributed by atoms with Gasteiger partial charge < -0.3 is 14.3 Å². The van der Waals surface area contributed by atoms with Crippen LogP contribution in [0.3, 0.4) is 0 Å². The first-order valence-corrected chi connectivity index (χ1v) is 9.49. The van der Waals surface area contributed by atoms with E-state index in [1.54, 1.807) is 28.0 Å². The summed E-state index contributed by atoms with van der Waals surface area (Å²) in [5.74, 6) is 0.0643. The Bertz CT molecular complexity index is 1240. The second-order valence-electron chi connectivity index (χ2n) is 7.42. The van der Waals surface area contributed by atoms with Crippen molar-refractivity contribution in [3.05, 3.63) is 65.4 Å². The highest BCUT2D eigenvalue weighted by molar-refractivity contribution is 5.90. The second-order valence-corrected chi connectivity index (χ2v) is 7.42. The van der Waals surface area contributed by atoms with Gasteiger partial charge in [-0.15, -0.1) is 10.2 Å². The molecule has 6 rings (SSSR count). The molecule has 1 N–H and O–H groups in total. The summed E-state index contributed by atoms with van der Waals surface area (Å²) in [5.41, 5.74) is 2.87. The van der Waals surface area contributed by atoms with E-state index >= 15 is 0 Å². The molecule has 5 heterocycles. The van der Waals surface area contributed by atoms with Gasteiger partial charge in [0.25, 0.3) is 0 Å². The van der Waals surface area contributed by atoms with Gasteiger partial charge in [0.05, 0.1) is 23.2 Å². The standard InChI is InChI=1S/C19H16FN7O2/c20-11-3-6-27-12(7-11)8-14(25-27)16-15-13(21-9-22-15)4-5-26(16)19(28)18-24-23-17(29-18)10-1-2-10/h3,6-10,16H,1-2,4-5H2,(H,21,22). The van der Waals surface area contributed by atoms with E-state index in [9.17, 15) is 9.18 Å². The number of nitrogens with one attached hydrogen (secondary N) is 1. The Hall–Kier alpha value is -3.56. The predicted molar refractivity (Wildman–Crippen MR) is 96.6 cm³/mol. The number of nitrogens with zero attached hydrogens (tertiary/aromatic N) is 6. The summed E-state index contributed by atoms with van der Waals surface area (Å²) in [6, 6.07) is 3.97. The van der Waals surface area contributed by atoms with E-state index in [2.05, 4.69) is 25.3 Å². The number of pyridine rings is 1. The van der Waals surface area contributed by atoms with Crippen molar-refractivity contribution in [3.8, 4) is 0 Å². The molecule has 1 fully saturated rings. The number of halogens is 1. The zero-order chi connectivity index (χ0) is 19.5. The van der Waals surface area contributed by atoms with Crippen molar-refractivity contribution in [2.24, 2.45) is 0 Å². The lowest BCUT2D eigenvalue weighted by molar-refractivity contribution is 0.0644. The molecule has 0 aromatic carbocycles. The van der Waals surface area contributed by atoms with Crippen molar-refractivity contribution < 1.29 is 13.6 Å². The summed E-state index contributed by atoms with van der Waals surface area (Å²) in [6.45, 7) is 0.446. The normalized spacial score (nSPS) is 18.9. The van der Waals surface area contributed by atoms with Crippen LogP contribution in [-0.2, 0) is 6.42 Å². The molecule has 1 aliphatic heterocycles. The van der Waals surface area contributed by atoms with E-state index in [1.807, 2.05) is 0 Å². The van der Waals surface area contributed by atoms with E-state index in [4.69, 9.17) is 4.42 Å². The molecular weight excluding hydrogens is 377 g/mol. The number of rotatable bonds is 3. The van der Waals surface area contributed by atoms with Gasteiger partial charge in [-0.25, -0.2) is 13.9 Å². The maximum atomic E-state index is 13.6. The summed E-state index contributed by atoms with van der Waals surface area (Å²) in [4.78, 5) is 22.4. The van der Waals surface area contributed by atoms with Crippen LogP contribution >= 0.6 is 0 Å². The van der Waals surface area contributed by atoms with Crippen LogP contribution in [0.4, 0.5) is 4.39 Å². The lowest BCUT2D eigenvalue weighted by Gasteiger charge is -2.32. The van der Waals surface area contributed by atoms with Gasteiger partial charge in [-0.2, -0.15) is 5.10 Å². The Morgan fingerprint density at radius 2 is 2.17 bits per heavy atom. The van der Waals surface area contributed by atoms with Crippen LogP contribution in [0.25, 0.3) is 5.52 Å². The molecule has 9 nitrogen and oxygen atoms in total. The Labute approximate surface area is 163 Å². The number of fused-ring (bicyclic) bond motifs is 2. The molecule has 2 aliphatic rings. The average molecular weight is 393 g/mol. The summed E-state index contributed by atoms with van der Waals surface area (Å²) in [5, 5.41) is 12.6. The molecule has 1 amide bonds. The molecule has 4 aromatic rings. The number of hydrogen-bond donors (Lipinski definition) is 1. The minimum atomic E-state index is -0.531. The van der Waals surface area contributed by atoms with Crippen molar-refractivity contribution in [1.82, 2.24) is 34.7 Å². The van der Waals surface area contributed by atoms with Gasteiger partial charge in [0.2, 0.25) is 5.89 Å². The lowest BCUT2D eigenvalue weighted by Crippen LogP contribution is -2.41. The third-order valence-electron chi connectivity index (χ3n) is 5.46. The van der Waals surface area contributed by atoms with Crippen molar-refractivity contribution in [3.63, 3.8) is 0 Å². The second kappa shape index (κ2) is 5.97. The number of amides is 1. The molecule has 0 saturated heterocycles. The first-order chi connectivity index (χ1) is 14.2. The van der Waals surface area contributed by atoms with Gasteiger partial charge in [0, 0.05) is 30.8 Å². The first-order valence-electron chi connectivity index (χ1n) is 9.49. The largest absolute Gasteiger partial charge is 0.417 e. The van der Waals surface area contributed by atoms with Crippen LogP contribution in [0, 0.1) is 5.82 Å². The minimum absolute atomic E-state index is 0.0225. The maximum Gasteiger partial charge on any atom is 0.312 e. The average Bonchev–Trinajstić information content (AvgIpc) is 3.13. The summed E-state index contributed by atoms with van der Waals surface area (Å²) in [6.07, 6.45) is 5.81. The zero-order valence-electron chi connectivity index (χ0n) is 15.2. The van der Waals surface area contributed by atoms with Crippen LogP contribution < -0.4 is 0 Å². The van der Waals surface area contributed by atoms with Crippen LogP contribution in [0.2, 0.25) is 0 Å². The molecular formula is C19H16FN7O2. The van der Waals surface area contributed by atoms with E-state index < -0.39 is 6.04 Å². The SMILES string of the molecule is O=C(c1nnc(C2CC2)o1)N1CCc2[nH]cnc2C1c1cc2cc(F)ccn2n1. The topological polar surface area (TPSA) is 105 Å². The molecule has 4 aromatic heterocycles. The molecule has 0 bridgehead atoms. The lowest BCUT2D eigenvalue weighted by atomic mass is 9.99. The summed E-state index contributed by atoms with van der Waals surface area (Å²) >= 11 is 0. The fourth-order valence-electron chi connectivity index (χ4n) is 3.85. The third kappa shape index (κ3) is 2.63. The van der Waals surface area contributed by atoms with Crippen LogP contribution in [-0.4, -0.2) is 47.1 Å². The Kier molecular flexibility index (Phi) is 3.37. The van der Waals surface area contributed by atoms with Crippen LogP contribution in [0.5, 0.6) is 0 Å². The highest BCUT2D eigenvalue weighted by Crippen LogP contribution is 2.39. The Morgan fingerprint density at radius 3 is 3.03 bits per heavy atom. The van der Waals surface area contributed by atoms with E-state index in [-0.39, 0.29) is 23.5 Å². The molecule has 146 valence electrons. The van der Waals surface area contributed by atoms with E-state index in [0.29, 0.717) is 30.1 Å². The van der Waals surface area contributed by atoms with Crippen molar-refractivity contribution in [2.75, 3.05) is 6.54 Å². The third-order valence-corrected chi connectivity index (χ3v) is 5.46. The molecule has 0 radical (unpaired) electrons. The number of imidazole rings is 1. The van der Waals surface area contributed by atoms with E-state index in [1.165, 1.54) is 12.1 Å². The molecule has 0 spiro atoms.